The Morgan fingerprint density at radius 2 is 1.85 bits per heavy atom. The van der Waals surface area contributed by atoms with E-state index in [9.17, 15) is 22.8 Å². The van der Waals surface area contributed by atoms with E-state index in [-0.39, 0.29) is 5.75 Å². The summed E-state index contributed by atoms with van der Waals surface area (Å²) in [6.07, 6.45) is 0.845. The Kier molecular flexibility index (Phi) is 8.10. The molecule has 0 aliphatic rings. The van der Waals surface area contributed by atoms with E-state index >= 15 is 0 Å². The summed E-state index contributed by atoms with van der Waals surface area (Å²) in [5, 5.41) is 13.5. The first-order chi connectivity index (χ1) is 15.8. The summed E-state index contributed by atoms with van der Waals surface area (Å²) in [5.74, 6) is -5.12. The highest BCUT2D eigenvalue weighted by Crippen LogP contribution is 2.25. The molecule has 11 heteroatoms. The summed E-state index contributed by atoms with van der Waals surface area (Å²) in [7, 11) is 0. The van der Waals surface area contributed by atoms with Crippen LogP contribution in [0, 0.1) is 24.4 Å². The average Bonchev–Trinajstić information content (AvgIpc) is 3.19. The van der Waals surface area contributed by atoms with Crippen LogP contribution < -0.4 is 10.6 Å². The number of thioether (sulfide) groups is 1. The van der Waals surface area contributed by atoms with E-state index in [2.05, 4.69) is 20.8 Å². The van der Waals surface area contributed by atoms with Crippen LogP contribution in [0.3, 0.4) is 0 Å². The van der Waals surface area contributed by atoms with Crippen molar-refractivity contribution in [2.24, 2.45) is 0 Å². The number of nitrogens with one attached hydrogen (secondary N) is 2. The number of carbonyl (C=O) groups excluding carboxylic acids is 2. The molecule has 0 fully saturated rings. The van der Waals surface area contributed by atoms with Crippen LogP contribution in [0.15, 0.2) is 41.6 Å². The van der Waals surface area contributed by atoms with Crippen LogP contribution in [0.1, 0.15) is 18.9 Å². The lowest BCUT2D eigenvalue weighted by molar-refractivity contribution is -0.122. The summed E-state index contributed by atoms with van der Waals surface area (Å²) in [6.45, 7) is 4.22. The second-order valence-electron chi connectivity index (χ2n) is 7.16. The number of aromatic nitrogens is 3. The number of carbonyl (C=O) groups is 2. The maximum atomic E-state index is 13.6. The predicted octanol–water partition coefficient (Wildman–Crippen LogP) is 3.93. The van der Waals surface area contributed by atoms with Gasteiger partial charge in [-0.05, 0) is 31.5 Å². The summed E-state index contributed by atoms with van der Waals surface area (Å²) >= 11 is 1.17. The van der Waals surface area contributed by atoms with Gasteiger partial charge in [0.25, 0.3) is 0 Å². The molecule has 0 spiro atoms. The first kappa shape index (κ1) is 24.3. The van der Waals surface area contributed by atoms with Crippen LogP contribution in [-0.4, -0.2) is 38.9 Å². The van der Waals surface area contributed by atoms with Gasteiger partial charge in [0.05, 0.1) is 18.0 Å². The van der Waals surface area contributed by atoms with Gasteiger partial charge < -0.3 is 15.2 Å². The molecular weight excluding hydrogens is 455 g/mol. The van der Waals surface area contributed by atoms with Crippen molar-refractivity contribution in [2.45, 2.75) is 32.0 Å². The Morgan fingerprint density at radius 1 is 1.06 bits per heavy atom. The van der Waals surface area contributed by atoms with Crippen molar-refractivity contribution in [1.29, 1.82) is 0 Å². The number of anilines is 1. The molecule has 1 heterocycles. The van der Waals surface area contributed by atoms with Gasteiger partial charge in [-0.1, -0.05) is 42.4 Å². The number of rotatable bonds is 9. The molecule has 0 atom stereocenters. The molecule has 3 rings (SSSR count). The van der Waals surface area contributed by atoms with Gasteiger partial charge in [0, 0.05) is 12.1 Å². The fourth-order valence-electron chi connectivity index (χ4n) is 3.00. The third kappa shape index (κ3) is 6.13. The molecule has 33 heavy (non-hydrogen) atoms. The van der Waals surface area contributed by atoms with E-state index in [0.717, 1.165) is 23.6 Å². The molecule has 2 aromatic carbocycles. The van der Waals surface area contributed by atoms with Crippen LogP contribution in [0.25, 0.3) is 11.4 Å². The minimum absolute atomic E-state index is 0.0253. The van der Waals surface area contributed by atoms with Crippen molar-refractivity contribution in [2.75, 3.05) is 17.6 Å². The van der Waals surface area contributed by atoms with E-state index in [0.29, 0.717) is 23.6 Å². The summed E-state index contributed by atoms with van der Waals surface area (Å²) in [5.41, 5.74) is 1.50. The van der Waals surface area contributed by atoms with E-state index in [1.807, 2.05) is 42.7 Å². The van der Waals surface area contributed by atoms with Crippen LogP contribution in [0.5, 0.6) is 0 Å². The Morgan fingerprint density at radius 3 is 2.58 bits per heavy atom. The predicted molar refractivity (Wildman–Crippen MR) is 119 cm³/mol. The van der Waals surface area contributed by atoms with Crippen molar-refractivity contribution in [3.05, 3.63) is 59.4 Å². The summed E-state index contributed by atoms with van der Waals surface area (Å²) in [4.78, 5) is 24.1. The molecule has 0 unspecified atom stereocenters. The van der Waals surface area contributed by atoms with Crippen molar-refractivity contribution in [3.8, 4) is 11.4 Å². The molecule has 0 saturated heterocycles. The number of amides is 2. The van der Waals surface area contributed by atoms with Crippen molar-refractivity contribution < 1.29 is 22.8 Å². The molecule has 0 radical (unpaired) electrons. The molecule has 2 amide bonds. The molecule has 0 aliphatic heterocycles. The fourth-order valence-corrected chi connectivity index (χ4v) is 3.79. The molecule has 2 N–H and O–H groups in total. The molecular formula is C22H22F3N5O2S. The maximum Gasteiger partial charge on any atom is 0.243 e. The molecule has 174 valence electrons. The van der Waals surface area contributed by atoms with Gasteiger partial charge in [0.2, 0.25) is 11.8 Å². The largest absolute Gasteiger partial charge is 0.346 e. The third-order valence-electron chi connectivity index (χ3n) is 4.53. The van der Waals surface area contributed by atoms with Crippen molar-refractivity contribution in [1.82, 2.24) is 20.1 Å². The highest BCUT2D eigenvalue weighted by Gasteiger charge is 2.17. The first-order valence-corrected chi connectivity index (χ1v) is 11.1. The number of aryl methyl sites for hydroxylation is 1. The number of nitrogens with zero attached hydrogens (tertiary/aromatic N) is 3. The molecule has 3 aromatic rings. The lowest BCUT2D eigenvalue weighted by Crippen LogP contribution is -2.34. The van der Waals surface area contributed by atoms with Crippen LogP contribution in [0.2, 0.25) is 0 Å². The van der Waals surface area contributed by atoms with Crippen LogP contribution >= 0.6 is 11.8 Å². The Labute approximate surface area is 192 Å². The topological polar surface area (TPSA) is 88.9 Å². The number of benzene rings is 2. The highest BCUT2D eigenvalue weighted by molar-refractivity contribution is 7.99. The fraction of sp³-hybridized carbons (Fsp3) is 0.273. The number of halogens is 3. The average molecular weight is 478 g/mol. The molecule has 0 saturated carbocycles. The van der Waals surface area contributed by atoms with Crippen molar-refractivity contribution >= 4 is 29.3 Å². The van der Waals surface area contributed by atoms with E-state index < -0.39 is 41.5 Å². The van der Waals surface area contributed by atoms with Gasteiger partial charge in [-0.3, -0.25) is 9.59 Å². The minimum atomic E-state index is -1.69. The summed E-state index contributed by atoms with van der Waals surface area (Å²) < 4.78 is 41.8. The second kappa shape index (κ2) is 11.0. The zero-order valence-corrected chi connectivity index (χ0v) is 18.8. The smallest absolute Gasteiger partial charge is 0.243 e. The Balaban J connectivity index is 1.56. The third-order valence-corrected chi connectivity index (χ3v) is 5.49. The quantitative estimate of drug-likeness (QED) is 0.360. The molecule has 7 nitrogen and oxygen atoms in total. The van der Waals surface area contributed by atoms with Gasteiger partial charge in [-0.15, -0.1) is 10.2 Å². The van der Waals surface area contributed by atoms with Gasteiger partial charge in [-0.2, -0.15) is 0 Å². The van der Waals surface area contributed by atoms with Crippen LogP contribution in [-0.2, 0) is 16.1 Å². The number of hydrogen-bond acceptors (Lipinski definition) is 5. The monoisotopic (exact) mass is 477 g/mol. The van der Waals surface area contributed by atoms with Gasteiger partial charge >= 0.3 is 0 Å². The van der Waals surface area contributed by atoms with Gasteiger partial charge in [0.1, 0.15) is 0 Å². The number of hydrogen-bond donors (Lipinski definition) is 2. The minimum Gasteiger partial charge on any atom is -0.346 e. The lowest BCUT2D eigenvalue weighted by Gasteiger charge is -2.10. The molecule has 0 bridgehead atoms. The highest BCUT2D eigenvalue weighted by atomic mass is 32.2. The zero-order valence-electron chi connectivity index (χ0n) is 18.0. The maximum absolute atomic E-state index is 13.6. The summed E-state index contributed by atoms with van der Waals surface area (Å²) in [6, 6.07) is 9.47. The van der Waals surface area contributed by atoms with Gasteiger partial charge in [-0.25, -0.2) is 13.2 Å². The standard InChI is InChI=1S/C22H22F3N5O2S/c1-3-9-30-21(14-6-4-5-13(2)10-14)28-29-22(30)33-12-18(32)26-11-17(31)27-16-8-7-15(23)19(24)20(16)25/h4-8,10H,3,9,11-12H2,1-2H3,(H,26,32)(H,27,31). The van der Waals surface area contributed by atoms with Gasteiger partial charge in [0.15, 0.2) is 28.4 Å². The van der Waals surface area contributed by atoms with Crippen LogP contribution in [0.4, 0.5) is 18.9 Å². The van der Waals surface area contributed by atoms with E-state index in [1.165, 1.54) is 11.8 Å². The van der Waals surface area contributed by atoms with Crippen molar-refractivity contribution in [3.63, 3.8) is 0 Å². The molecule has 0 aliphatic carbocycles. The molecule has 1 aromatic heterocycles. The normalized spacial score (nSPS) is 10.8. The zero-order chi connectivity index (χ0) is 24.0. The lowest BCUT2D eigenvalue weighted by atomic mass is 10.1. The first-order valence-electron chi connectivity index (χ1n) is 10.1. The SMILES string of the molecule is CCCn1c(SCC(=O)NCC(=O)Nc2ccc(F)c(F)c2F)nnc1-c1cccc(C)c1. The van der Waals surface area contributed by atoms with E-state index in [4.69, 9.17) is 0 Å². The Bertz CT molecular complexity index is 1170. The Hall–Kier alpha value is -3.34. The second-order valence-corrected chi connectivity index (χ2v) is 8.11. The van der Waals surface area contributed by atoms with E-state index in [1.54, 1.807) is 0 Å².